The van der Waals surface area contributed by atoms with Gasteiger partial charge in [0.15, 0.2) is 0 Å². The minimum atomic E-state index is -0.437. The second-order valence-corrected chi connectivity index (χ2v) is 7.47. The van der Waals surface area contributed by atoms with Crippen molar-refractivity contribution >= 4 is 6.09 Å². The maximum atomic E-state index is 11.8. The largest absolute Gasteiger partial charge is 0.444 e. The summed E-state index contributed by atoms with van der Waals surface area (Å²) in [6.07, 6.45) is 8.71. The van der Waals surface area contributed by atoms with Gasteiger partial charge in [-0.2, -0.15) is 0 Å². The zero-order valence-corrected chi connectivity index (χ0v) is 14.8. The molecule has 1 rings (SSSR count). The van der Waals surface area contributed by atoms with Crippen molar-refractivity contribution in [2.24, 2.45) is 5.92 Å². The molecule has 3 unspecified atom stereocenters. The molecule has 22 heavy (non-hydrogen) atoms. The summed E-state index contributed by atoms with van der Waals surface area (Å²) < 4.78 is 5.32. The van der Waals surface area contributed by atoms with E-state index in [2.05, 4.69) is 24.1 Å². The third kappa shape index (κ3) is 7.83. The van der Waals surface area contributed by atoms with Crippen molar-refractivity contribution < 1.29 is 9.53 Å². The number of rotatable bonds is 7. The molecule has 1 fully saturated rings. The quantitative estimate of drug-likeness (QED) is 0.698. The lowest BCUT2D eigenvalue weighted by molar-refractivity contribution is 0.0510. The Kier molecular flexibility index (Phi) is 7.94. The predicted molar refractivity (Wildman–Crippen MR) is 92.0 cm³/mol. The first-order chi connectivity index (χ1) is 10.3. The van der Waals surface area contributed by atoms with Crippen LogP contribution in [0, 0.1) is 5.92 Å². The number of allylic oxidation sites excluding steroid dienone is 1. The lowest BCUT2D eigenvalue weighted by Crippen LogP contribution is -2.47. The highest BCUT2D eigenvalue weighted by Gasteiger charge is 2.27. The lowest BCUT2D eigenvalue weighted by Gasteiger charge is -2.34. The summed E-state index contributed by atoms with van der Waals surface area (Å²) in [5, 5.41) is 6.67. The molecule has 1 aliphatic rings. The smallest absolute Gasteiger partial charge is 0.407 e. The van der Waals surface area contributed by atoms with Gasteiger partial charge >= 0.3 is 6.09 Å². The van der Waals surface area contributed by atoms with E-state index in [0.717, 1.165) is 12.8 Å². The fraction of sp³-hybridized carbons (Fsp3) is 0.833. The molecular formula is C18H34N2O2. The van der Waals surface area contributed by atoms with E-state index in [1.807, 2.05) is 26.8 Å². The summed E-state index contributed by atoms with van der Waals surface area (Å²) in [7, 11) is 0. The minimum Gasteiger partial charge on any atom is -0.444 e. The first kappa shape index (κ1) is 19.0. The molecule has 0 saturated heterocycles. The van der Waals surface area contributed by atoms with Crippen LogP contribution in [-0.2, 0) is 4.74 Å². The molecule has 0 aromatic carbocycles. The number of carbonyl (C=O) groups excluding carboxylic acids is 1. The summed E-state index contributed by atoms with van der Waals surface area (Å²) in [5.41, 5.74) is -0.437. The molecule has 128 valence electrons. The van der Waals surface area contributed by atoms with E-state index in [1.165, 1.54) is 25.7 Å². The van der Waals surface area contributed by atoms with E-state index < -0.39 is 5.60 Å². The molecule has 0 spiro atoms. The Labute approximate surface area is 136 Å². The average Bonchev–Trinajstić information content (AvgIpc) is 2.42. The van der Waals surface area contributed by atoms with E-state index in [-0.39, 0.29) is 6.09 Å². The first-order valence-corrected chi connectivity index (χ1v) is 8.65. The second-order valence-electron chi connectivity index (χ2n) is 7.47. The van der Waals surface area contributed by atoms with Crippen molar-refractivity contribution in [2.45, 2.75) is 83.9 Å². The van der Waals surface area contributed by atoms with Gasteiger partial charge in [0.2, 0.25) is 0 Å². The van der Waals surface area contributed by atoms with Crippen LogP contribution in [0.3, 0.4) is 0 Å². The highest BCUT2D eigenvalue weighted by atomic mass is 16.6. The van der Waals surface area contributed by atoms with Crippen molar-refractivity contribution in [3.8, 4) is 0 Å². The van der Waals surface area contributed by atoms with Gasteiger partial charge in [-0.1, -0.05) is 18.9 Å². The molecule has 0 aromatic rings. The minimum absolute atomic E-state index is 0.309. The lowest BCUT2D eigenvalue weighted by atomic mass is 9.84. The van der Waals surface area contributed by atoms with Crippen molar-refractivity contribution in [3.05, 3.63) is 12.7 Å². The van der Waals surface area contributed by atoms with Crippen LogP contribution in [0.4, 0.5) is 4.79 Å². The second kappa shape index (κ2) is 9.19. The Morgan fingerprint density at radius 2 is 2.05 bits per heavy atom. The van der Waals surface area contributed by atoms with Crippen molar-refractivity contribution in [1.82, 2.24) is 10.6 Å². The SMILES string of the molecule is C=CCCC(C)NC1CCCCC1CNC(=O)OC(C)(C)C. The normalized spacial score (nSPS) is 23.6. The standard InChI is InChI=1S/C18H34N2O2/c1-6-7-10-14(2)20-16-12-9-8-11-15(16)13-19-17(21)22-18(3,4)5/h6,14-16,20H,1,7-13H2,2-5H3,(H,19,21). The molecule has 4 nitrogen and oxygen atoms in total. The molecule has 1 saturated carbocycles. The number of alkyl carbamates (subject to hydrolysis) is 1. The first-order valence-electron chi connectivity index (χ1n) is 8.65. The van der Waals surface area contributed by atoms with Gasteiger partial charge in [0.1, 0.15) is 5.60 Å². The Bertz CT molecular complexity index is 349. The number of ether oxygens (including phenoxy) is 1. The van der Waals surface area contributed by atoms with Gasteiger partial charge in [-0.3, -0.25) is 0 Å². The van der Waals surface area contributed by atoms with E-state index in [1.54, 1.807) is 0 Å². The van der Waals surface area contributed by atoms with Crippen molar-refractivity contribution in [1.29, 1.82) is 0 Å². The zero-order chi connectivity index (χ0) is 16.6. The number of hydrogen-bond acceptors (Lipinski definition) is 3. The molecular weight excluding hydrogens is 276 g/mol. The molecule has 2 N–H and O–H groups in total. The van der Waals surface area contributed by atoms with Gasteiger partial charge in [-0.05, 0) is 59.3 Å². The molecule has 3 atom stereocenters. The summed E-state index contributed by atoms with van der Waals surface area (Å²) in [6.45, 7) is 12.4. The molecule has 1 aliphatic carbocycles. The Hall–Kier alpha value is -1.03. The highest BCUT2D eigenvalue weighted by Crippen LogP contribution is 2.25. The van der Waals surface area contributed by atoms with Crippen molar-refractivity contribution in [3.63, 3.8) is 0 Å². The Balaban J connectivity index is 2.41. The summed E-state index contributed by atoms with van der Waals surface area (Å²) >= 11 is 0. The van der Waals surface area contributed by atoms with E-state index in [9.17, 15) is 4.79 Å². The van der Waals surface area contributed by atoms with E-state index in [0.29, 0.717) is 24.5 Å². The molecule has 0 aromatic heterocycles. The van der Waals surface area contributed by atoms with Gasteiger partial charge < -0.3 is 15.4 Å². The maximum Gasteiger partial charge on any atom is 0.407 e. The van der Waals surface area contributed by atoms with Crippen molar-refractivity contribution in [2.75, 3.05) is 6.54 Å². The third-order valence-electron chi connectivity index (χ3n) is 4.12. The molecule has 1 amide bonds. The van der Waals surface area contributed by atoms with Gasteiger partial charge in [-0.25, -0.2) is 4.79 Å². The summed E-state index contributed by atoms with van der Waals surface area (Å²) in [4.78, 5) is 11.8. The van der Waals surface area contributed by atoms with Crippen LogP contribution in [0.15, 0.2) is 12.7 Å². The molecule has 4 heteroatoms. The monoisotopic (exact) mass is 310 g/mol. The fourth-order valence-corrected chi connectivity index (χ4v) is 3.02. The Morgan fingerprint density at radius 1 is 1.36 bits per heavy atom. The number of nitrogens with one attached hydrogen (secondary N) is 2. The van der Waals surface area contributed by atoms with Gasteiger partial charge in [0, 0.05) is 18.6 Å². The molecule has 0 aliphatic heterocycles. The van der Waals surface area contributed by atoms with Crippen LogP contribution in [-0.4, -0.2) is 30.3 Å². The van der Waals surface area contributed by atoms with Crippen LogP contribution >= 0.6 is 0 Å². The fourth-order valence-electron chi connectivity index (χ4n) is 3.02. The van der Waals surface area contributed by atoms with E-state index in [4.69, 9.17) is 4.74 Å². The van der Waals surface area contributed by atoms with Crippen LogP contribution in [0.1, 0.15) is 66.2 Å². The van der Waals surface area contributed by atoms with E-state index >= 15 is 0 Å². The highest BCUT2D eigenvalue weighted by molar-refractivity contribution is 5.67. The summed E-state index contributed by atoms with van der Waals surface area (Å²) in [6, 6.07) is 0.980. The molecule has 0 radical (unpaired) electrons. The number of amides is 1. The zero-order valence-electron chi connectivity index (χ0n) is 14.8. The molecule has 0 heterocycles. The van der Waals surface area contributed by atoms with Gasteiger partial charge in [0.25, 0.3) is 0 Å². The number of carbonyl (C=O) groups is 1. The van der Waals surface area contributed by atoms with Crippen LogP contribution in [0.2, 0.25) is 0 Å². The van der Waals surface area contributed by atoms with Crippen LogP contribution in [0.5, 0.6) is 0 Å². The maximum absolute atomic E-state index is 11.8. The van der Waals surface area contributed by atoms with Gasteiger partial charge in [-0.15, -0.1) is 6.58 Å². The van der Waals surface area contributed by atoms with Gasteiger partial charge in [0.05, 0.1) is 0 Å². The molecule has 0 bridgehead atoms. The van der Waals surface area contributed by atoms with Crippen LogP contribution in [0.25, 0.3) is 0 Å². The Morgan fingerprint density at radius 3 is 2.68 bits per heavy atom. The average molecular weight is 310 g/mol. The summed E-state index contributed by atoms with van der Waals surface area (Å²) in [5.74, 6) is 0.493. The topological polar surface area (TPSA) is 50.4 Å². The third-order valence-corrected chi connectivity index (χ3v) is 4.12. The van der Waals surface area contributed by atoms with Crippen LogP contribution < -0.4 is 10.6 Å². The number of hydrogen-bond donors (Lipinski definition) is 2. The predicted octanol–water partition coefficient (Wildman–Crippen LogP) is 4.01.